The molecule has 2 N–H and O–H groups in total. The van der Waals surface area contributed by atoms with Crippen LogP contribution in [0.4, 0.5) is 5.69 Å². The third-order valence-electron chi connectivity index (χ3n) is 5.28. The number of amides is 1. The molecule has 0 radical (unpaired) electrons. The van der Waals surface area contributed by atoms with Crippen molar-refractivity contribution < 1.29 is 4.79 Å². The lowest BCUT2D eigenvalue weighted by Gasteiger charge is -2.24. The van der Waals surface area contributed by atoms with Crippen molar-refractivity contribution in [2.75, 3.05) is 11.9 Å². The van der Waals surface area contributed by atoms with E-state index in [4.69, 9.17) is 0 Å². The van der Waals surface area contributed by atoms with Crippen molar-refractivity contribution in [2.45, 2.75) is 45.6 Å². The smallest absolute Gasteiger partial charge is 0.221 e. The predicted molar refractivity (Wildman–Crippen MR) is 86.1 cm³/mol. The van der Waals surface area contributed by atoms with Gasteiger partial charge < -0.3 is 10.6 Å². The molecule has 4 atom stereocenters. The maximum atomic E-state index is 11.1. The van der Waals surface area contributed by atoms with Crippen LogP contribution >= 0.6 is 0 Å². The second kappa shape index (κ2) is 6.18. The molecule has 1 amide bonds. The molecule has 0 spiro atoms. The number of anilines is 1. The Bertz CT molecular complexity index is 514. The number of fused-ring (bicyclic) bond motifs is 2. The first kappa shape index (κ1) is 14.6. The standard InChI is InChI=1S/C18H26N2O/c1-12(15-4-3-5-18(10-15)20-13(2)21)19-11-17-9-14-6-7-16(17)8-14/h3-5,10,12,14,16-17,19H,6-9,11H2,1-2H3,(H,20,21). The van der Waals surface area contributed by atoms with Crippen LogP contribution in [0, 0.1) is 17.8 Å². The van der Waals surface area contributed by atoms with Gasteiger partial charge in [0, 0.05) is 18.7 Å². The molecule has 0 heterocycles. The van der Waals surface area contributed by atoms with E-state index in [1.807, 2.05) is 12.1 Å². The highest BCUT2D eigenvalue weighted by Crippen LogP contribution is 2.48. The maximum Gasteiger partial charge on any atom is 0.221 e. The first-order valence-corrected chi connectivity index (χ1v) is 8.22. The van der Waals surface area contributed by atoms with Gasteiger partial charge in [0.05, 0.1) is 0 Å². The van der Waals surface area contributed by atoms with Crippen LogP contribution in [0.5, 0.6) is 0 Å². The van der Waals surface area contributed by atoms with Gasteiger partial charge in [-0.15, -0.1) is 0 Å². The van der Waals surface area contributed by atoms with Gasteiger partial charge in [-0.2, -0.15) is 0 Å². The minimum atomic E-state index is -0.0188. The van der Waals surface area contributed by atoms with Gasteiger partial charge in [0.15, 0.2) is 0 Å². The van der Waals surface area contributed by atoms with Crippen molar-refractivity contribution in [2.24, 2.45) is 17.8 Å². The summed E-state index contributed by atoms with van der Waals surface area (Å²) in [5.74, 6) is 2.85. The molecule has 1 aromatic carbocycles. The number of carbonyl (C=O) groups excluding carboxylic acids is 1. The number of rotatable bonds is 5. The summed E-state index contributed by atoms with van der Waals surface area (Å²) in [5, 5.41) is 6.55. The molecule has 3 heteroatoms. The third kappa shape index (κ3) is 3.46. The first-order chi connectivity index (χ1) is 10.1. The Morgan fingerprint density at radius 2 is 2.19 bits per heavy atom. The van der Waals surface area contributed by atoms with Gasteiger partial charge in [0.25, 0.3) is 0 Å². The van der Waals surface area contributed by atoms with Gasteiger partial charge in [-0.05, 0) is 68.2 Å². The van der Waals surface area contributed by atoms with Crippen molar-refractivity contribution in [3.05, 3.63) is 29.8 Å². The number of carbonyl (C=O) groups is 1. The summed E-state index contributed by atoms with van der Waals surface area (Å²) in [6.07, 6.45) is 5.81. The summed E-state index contributed by atoms with van der Waals surface area (Å²) in [4.78, 5) is 11.1. The number of benzene rings is 1. The van der Waals surface area contributed by atoms with Crippen LogP contribution in [-0.2, 0) is 4.79 Å². The zero-order valence-electron chi connectivity index (χ0n) is 13.1. The van der Waals surface area contributed by atoms with Crippen LogP contribution < -0.4 is 10.6 Å². The molecule has 1 aromatic rings. The maximum absolute atomic E-state index is 11.1. The van der Waals surface area contributed by atoms with Crippen LogP contribution in [0.25, 0.3) is 0 Å². The van der Waals surface area contributed by atoms with Crippen molar-refractivity contribution >= 4 is 11.6 Å². The molecule has 0 aromatic heterocycles. The summed E-state index contributed by atoms with van der Waals surface area (Å²) in [6.45, 7) is 4.89. The molecular formula is C18H26N2O. The predicted octanol–water partition coefficient (Wildman–Crippen LogP) is 3.73. The Kier molecular flexibility index (Phi) is 4.29. The lowest BCUT2D eigenvalue weighted by Crippen LogP contribution is -2.28. The van der Waals surface area contributed by atoms with E-state index in [-0.39, 0.29) is 5.91 Å². The average molecular weight is 286 g/mol. The first-order valence-electron chi connectivity index (χ1n) is 8.22. The minimum absolute atomic E-state index is 0.0188. The highest BCUT2D eigenvalue weighted by molar-refractivity contribution is 5.88. The van der Waals surface area contributed by atoms with E-state index < -0.39 is 0 Å². The van der Waals surface area contributed by atoms with E-state index in [0.717, 1.165) is 30.0 Å². The van der Waals surface area contributed by atoms with E-state index >= 15 is 0 Å². The van der Waals surface area contributed by atoms with Crippen molar-refractivity contribution in [1.29, 1.82) is 0 Å². The Labute approximate surface area is 127 Å². The highest BCUT2D eigenvalue weighted by atomic mass is 16.1. The lowest BCUT2D eigenvalue weighted by atomic mass is 9.88. The monoisotopic (exact) mass is 286 g/mol. The Hall–Kier alpha value is -1.35. The molecule has 2 aliphatic carbocycles. The zero-order valence-corrected chi connectivity index (χ0v) is 13.1. The lowest BCUT2D eigenvalue weighted by molar-refractivity contribution is -0.114. The number of hydrogen-bond donors (Lipinski definition) is 2. The highest BCUT2D eigenvalue weighted by Gasteiger charge is 2.39. The Morgan fingerprint density at radius 1 is 1.33 bits per heavy atom. The molecule has 3 nitrogen and oxygen atoms in total. The molecule has 4 unspecified atom stereocenters. The summed E-state index contributed by atoms with van der Waals surface area (Å²) < 4.78 is 0. The summed E-state index contributed by atoms with van der Waals surface area (Å²) in [7, 11) is 0. The molecule has 2 bridgehead atoms. The summed E-state index contributed by atoms with van der Waals surface area (Å²) >= 11 is 0. The minimum Gasteiger partial charge on any atom is -0.326 e. The fourth-order valence-electron chi connectivity index (χ4n) is 4.16. The largest absolute Gasteiger partial charge is 0.326 e. The van der Waals surface area contributed by atoms with Crippen LogP contribution in [-0.4, -0.2) is 12.5 Å². The van der Waals surface area contributed by atoms with Crippen LogP contribution in [0.3, 0.4) is 0 Å². The van der Waals surface area contributed by atoms with Gasteiger partial charge in [-0.1, -0.05) is 18.6 Å². The van der Waals surface area contributed by atoms with E-state index in [0.29, 0.717) is 6.04 Å². The molecule has 0 aliphatic heterocycles. The molecule has 21 heavy (non-hydrogen) atoms. The Balaban J connectivity index is 1.55. The molecule has 114 valence electrons. The topological polar surface area (TPSA) is 41.1 Å². The molecule has 3 rings (SSSR count). The fourth-order valence-corrected chi connectivity index (χ4v) is 4.16. The molecule has 0 saturated heterocycles. The quantitative estimate of drug-likeness (QED) is 0.866. The van der Waals surface area contributed by atoms with E-state index in [1.165, 1.54) is 31.2 Å². The summed E-state index contributed by atoms with van der Waals surface area (Å²) in [5.41, 5.74) is 2.12. The third-order valence-corrected chi connectivity index (χ3v) is 5.28. The van der Waals surface area contributed by atoms with E-state index in [9.17, 15) is 4.79 Å². The fraction of sp³-hybridized carbons (Fsp3) is 0.611. The second-order valence-corrected chi connectivity index (χ2v) is 6.87. The summed E-state index contributed by atoms with van der Waals surface area (Å²) in [6, 6.07) is 8.48. The number of hydrogen-bond acceptors (Lipinski definition) is 2. The van der Waals surface area contributed by atoms with Crippen LogP contribution in [0.1, 0.15) is 51.1 Å². The molecule has 2 aliphatic rings. The van der Waals surface area contributed by atoms with Gasteiger partial charge in [0.1, 0.15) is 0 Å². The van der Waals surface area contributed by atoms with Gasteiger partial charge >= 0.3 is 0 Å². The van der Waals surface area contributed by atoms with Crippen molar-refractivity contribution in [3.8, 4) is 0 Å². The van der Waals surface area contributed by atoms with E-state index in [2.05, 4.69) is 29.7 Å². The Morgan fingerprint density at radius 3 is 2.86 bits per heavy atom. The SMILES string of the molecule is CC(=O)Nc1cccc(C(C)NCC2CC3CCC2C3)c1. The van der Waals surface area contributed by atoms with Crippen LogP contribution in [0.2, 0.25) is 0 Å². The second-order valence-electron chi connectivity index (χ2n) is 6.87. The average Bonchev–Trinajstić information content (AvgIpc) is 3.06. The van der Waals surface area contributed by atoms with Gasteiger partial charge in [-0.25, -0.2) is 0 Å². The van der Waals surface area contributed by atoms with Crippen molar-refractivity contribution in [1.82, 2.24) is 5.32 Å². The number of nitrogens with one attached hydrogen (secondary N) is 2. The molecule has 2 saturated carbocycles. The normalized spacial score (nSPS) is 28.6. The zero-order chi connectivity index (χ0) is 14.8. The molecular weight excluding hydrogens is 260 g/mol. The van der Waals surface area contributed by atoms with Gasteiger partial charge in [-0.3, -0.25) is 4.79 Å². The van der Waals surface area contributed by atoms with Crippen LogP contribution in [0.15, 0.2) is 24.3 Å². The van der Waals surface area contributed by atoms with E-state index in [1.54, 1.807) is 6.92 Å². The van der Waals surface area contributed by atoms with Crippen molar-refractivity contribution in [3.63, 3.8) is 0 Å². The van der Waals surface area contributed by atoms with Gasteiger partial charge in [0.2, 0.25) is 5.91 Å². The molecule has 2 fully saturated rings.